The summed E-state index contributed by atoms with van der Waals surface area (Å²) < 4.78 is 1.38. The molecule has 1 aliphatic rings. The van der Waals surface area contributed by atoms with E-state index in [1.807, 2.05) is 24.3 Å². The Bertz CT molecular complexity index is 630. The molecule has 4 nitrogen and oxygen atoms in total. The van der Waals surface area contributed by atoms with Gasteiger partial charge in [0.2, 0.25) is 0 Å². The smallest absolute Gasteiger partial charge is 0.303 e. The summed E-state index contributed by atoms with van der Waals surface area (Å²) in [6, 6.07) is 7.60. The summed E-state index contributed by atoms with van der Waals surface area (Å²) in [4.78, 5) is 24.8. The molecule has 0 saturated carbocycles. The van der Waals surface area contributed by atoms with Crippen molar-refractivity contribution < 1.29 is 14.7 Å². The lowest BCUT2D eigenvalue weighted by molar-refractivity contribution is -0.137. The van der Waals surface area contributed by atoms with E-state index in [0.717, 1.165) is 10.0 Å². The number of hydrogen-bond donors (Lipinski definition) is 1. The van der Waals surface area contributed by atoms with Crippen molar-refractivity contribution in [2.45, 2.75) is 12.8 Å². The van der Waals surface area contributed by atoms with Gasteiger partial charge in [-0.1, -0.05) is 58.1 Å². The Kier molecular flexibility index (Phi) is 5.55. The summed E-state index contributed by atoms with van der Waals surface area (Å²) in [5.74, 6) is -1.03. The van der Waals surface area contributed by atoms with Crippen LogP contribution in [0.4, 0.5) is 0 Å². The number of hydrogen-bond acceptors (Lipinski definition) is 4. The van der Waals surface area contributed by atoms with E-state index in [0.29, 0.717) is 22.2 Å². The number of carbonyl (C=O) groups is 2. The molecule has 21 heavy (non-hydrogen) atoms. The average molecular weight is 386 g/mol. The third-order valence-electron chi connectivity index (χ3n) is 2.84. The van der Waals surface area contributed by atoms with Crippen molar-refractivity contribution >= 4 is 62.2 Å². The summed E-state index contributed by atoms with van der Waals surface area (Å²) in [5, 5.41) is 8.64. The number of aliphatic carboxylic acids is 1. The Hall–Kier alpha value is -1.18. The molecule has 0 atom stereocenters. The zero-order valence-electron chi connectivity index (χ0n) is 10.9. The van der Waals surface area contributed by atoms with Gasteiger partial charge in [-0.3, -0.25) is 14.5 Å². The van der Waals surface area contributed by atoms with Crippen LogP contribution < -0.4 is 0 Å². The van der Waals surface area contributed by atoms with Crippen molar-refractivity contribution in [1.82, 2.24) is 4.90 Å². The summed E-state index contributed by atoms with van der Waals surface area (Å²) in [6.07, 6.45) is 2.21. The lowest BCUT2D eigenvalue weighted by Crippen LogP contribution is -2.29. The number of thiocarbonyl (C=S) groups is 1. The Morgan fingerprint density at radius 1 is 1.43 bits per heavy atom. The van der Waals surface area contributed by atoms with E-state index in [1.54, 1.807) is 6.08 Å². The van der Waals surface area contributed by atoms with Crippen LogP contribution >= 0.6 is 39.9 Å². The van der Waals surface area contributed by atoms with Crippen LogP contribution in [-0.2, 0) is 9.59 Å². The van der Waals surface area contributed by atoms with E-state index < -0.39 is 5.97 Å². The molecule has 1 amide bonds. The minimum absolute atomic E-state index is 0.0281. The fourth-order valence-corrected chi connectivity index (χ4v) is 3.51. The third kappa shape index (κ3) is 4.15. The molecular formula is C14H12BrNO3S2. The molecule has 7 heteroatoms. The molecule has 1 heterocycles. The molecule has 1 fully saturated rings. The van der Waals surface area contributed by atoms with Gasteiger partial charge in [-0.05, 0) is 24.1 Å². The van der Waals surface area contributed by atoms with Crippen LogP contribution in [0.3, 0.4) is 0 Å². The normalized spacial score (nSPS) is 16.8. The third-order valence-corrected chi connectivity index (χ3v) is 4.94. The molecular weight excluding hydrogens is 374 g/mol. The average Bonchev–Trinajstić information content (AvgIpc) is 2.68. The number of amides is 1. The fourth-order valence-electron chi connectivity index (χ4n) is 1.81. The topological polar surface area (TPSA) is 57.6 Å². The molecule has 1 aromatic rings. The standard InChI is InChI=1S/C14H12BrNO3S2/c15-10-5-2-1-4-9(10)8-11-13(19)16(14(20)21-11)7-3-6-12(17)18/h1-2,4-5,8H,3,6-7H2,(H,17,18)/b11-8-. The van der Waals surface area contributed by atoms with E-state index >= 15 is 0 Å². The van der Waals surface area contributed by atoms with Crippen molar-refractivity contribution in [2.75, 3.05) is 6.54 Å². The van der Waals surface area contributed by atoms with Gasteiger partial charge in [0.15, 0.2) is 0 Å². The number of thioether (sulfide) groups is 1. The first-order valence-electron chi connectivity index (χ1n) is 6.20. The molecule has 0 aliphatic carbocycles. The predicted octanol–water partition coefficient (Wildman–Crippen LogP) is 3.52. The maximum Gasteiger partial charge on any atom is 0.303 e. The van der Waals surface area contributed by atoms with Crippen LogP contribution in [0.2, 0.25) is 0 Å². The van der Waals surface area contributed by atoms with Crippen molar-refractivity contribution in [3.05, 3.63) is 39.2 Å². The number of carbonyl (C=O) groups excluding carboxylic acids is 1. The van der Waals surface area contributed by atoms with Gasteiger partial charge in [0, 0.05) is 17.4 Å². The molecule has 0 radical (unpaired) electrons. The van der Waals surface area contributed by atoms with Gasteiger partial charge in [0.25, 0.3) is 5.91 Å². The highest BCUT2D eigenvalue weighted by molar-refractivity contribution is 9.10. The first kappa shape index (κ1) is 16.2. The molecule has 110 valence electrons. The Labute approximate surface area is 140 Å². The molecule has 1 N–H and O–H groups in total. The van der Waals surface area contributed by atoms with Gasteiger partial charge >= 0.3 is 5.97 Å². The van der Waals surface area contributed by atoms with Crippen LogP contribution in [-0.4, -0.2) is 32.7 Å². The van der Waals surface area contributed by atoms with Crippen molar-refractivity contribution in [3.63, 3.8) is 0 Å². The van der Waals surface area contributed by atoms with E-state index in [1.165, 1.54) is 16.7 Å². The quantitative estimate of drug-likeness (QED) is 0.620. The first-order valence-corrected chi connectivity index (χ1v) is 8.22. The second-order valence-corrected chi connectivity index (χ2v) is 6.88. The van der Waals surface area contributed by atoms with Gasteiger partial charge in [0.05, 0.1) is 4.91 Å². The highest BCUT2D eigenvalue weighted by Gasteiger charge is 2.31. The van der Waals surface area contributed by atoms with Crippen LogP contribution in [0.5, 0.6) is 0 Å². The Morgan fingerprint density at radius 2 is 2.14 bits per heavy atom. The molecule has 2 rings (SSSR count). The number of carboxylic acids is 1. The van der Waals surface area contributed by atoms with E-state index in [4.69, 9.17) is 17.3 Å². The molecule has 1 saturated heterocycles. The van der Waals surface area contributed by atoms with Crippen molar-refractivity contribution in [3.8, 4) is 0 Å². The molecule has 1 aromatic carbocycles. The number of rotatable bonds is 5. The first-order chi connectivity index (χ1) is 9.99. The molecule has 0 unspecified atom stereocenters. The van der Waals surface area contributed by atoms with Crippen LogP contribution in [0.25, 0.3) is 6.08 Å². The van der Waals surface area contributed by atoms with Gasteiger partial charge in [-0.25, -0.2) is 0 Å². The monoisotopic (exact) mass is 385 g/mol. The largest absolute Gasteiger partial charge is 0.481 e. The van der Waals surface area contributed by atoms with Gasteiger partial charge < -0.3 is 5.11 Å². The van der Waals surface area contributed by atoms with E-state index in [-0.39, 0.29) is 12.3 Å². The second-order valence-electron chi connectivity index (χ2n) is 4.35. The zero-order chi connectivity index (χ0) is 15.4. The number of benzene rings is 1. The SMILES string of the molecule is O=C(O)CCCN1C(=O)/C(=C/c2ccccc2Br)SC1=S. The summed E-state index contributed by atoms with van der Waals surface area (Å²) >= 11 is 9.87. The van der Waals surface area contributed by atoms with E-state index in [2.05, 4.69) is 15.9 Å². The van der Waals surface area contributed by atoms with Gasteiger partial charge in [-0.15, -0.1) is 0 Å². The van der Waals surface area contributed by atoms with Crippen molar-refractivity contribution in [2.24, 2.45) is 0 Å². The van der Waals surface area contributed by atoms with Crippen LogP contribution in [0.15, 0.2) is 33.6 Å². The zero-order valence-corrected chi connectivity index (χ0v) is 14.1. The highest BCUT2D eigenvalue weighted by Crippen LogP contribution is 2.33. The molecule has 0 aromatic heterocycles. The van der Waals surface area contributed by atoms with Gasteiger partial charge in [-0.2, -0.15) is 0 Å². The Morgan fingerprint density at radius 3 is 2.81 bits per heavy atom. The van der Waals surface area contributed by atoms with Crippen LogP contribution in [0.1, 0.15) is 18.4 Å². The minimum atomic E-state index is -0.871. The number of nitrogens with zero attached hydrogens (tertiary/aromatic N) is 1. The maximum absolute atomic E-state index is 12.3. The van der Waals surface area contributed by atoms with Crippen molar-refractivity contribution in [1.29, 1.82) is 0 Å². The molecule has 0 bridgehead atoms. The molecule has 1 aliphatic heterocycles. The fraction of sp³-hybridized carbons (Fsp3) is 0.214. The number of halogens is 1. The summed E-state index contributed by atoms with van der Waals surface area (Å²) in [5.41, 5.74) is 0.906. The second kappa shape index (κ2) is 7.20. The van der Waals surface area contributed by atoms with Crippen LogP contribution in [0, 0.1) is 0 Å². The lowest BCUT2D eigenvalue weighted by atomic mass is 10.2. The van der Waals surface area contributed by atoms with E-state index in [9.17, 15) is 9.59 Å². The minimum Gasteiger partial charge on any atom is -0.481 e. The Balaban J connectivity index is 2.11. The highest BCUT2D eigenvalue weighted by atomic mass is 79.9. The summed E-state index contributed by atoms with van der Waals surface area (Å²) in [7, 11) is 0. The maximum atomic E-state index is 12.3. The van der Waals surface area contributed by atoms with Gasteiger partial charge in [0.1, 0.15) is 4.32 Å². The molecule has 0 spiro atoms. The lowest BCUT2D eigenvalue weighted by Gasteiger charge is -2.13. The number of carboxylic acid groups (broad SMARTS) is 1. The summed E-state index contributed by atoms with van der Waals surface area (Å²) in [6.45, 7) is 0.338. The predicted molar refractivity (Wildman–Crippen MR) is 90.9 cm³/mol.